The van der Waals surface area contributed by atoms with Crippen molar-refractivity contribution in [1.82, 2.24) is 20.1 Å². The van der Waals surface area contributed by atoms with E-state index in [1.807, 2.05) is 0 Å². The van der Waals surface area contributed by atoms with Crippen LogP contribution in [0.3, 0.4) is 0 Å². The zero-order valence-electron chi connectivity index (χ0n) is 17.9. The van der Waals surface area contributed by atoms with Gasteiger partial charge in [-0.15, -0.1) is 0 Å². The smallest absolute Gasteiger partial charge is 0.252 e. The number of hydrogen-bond acceptors (Lipinski definition) is 4. The van der Waals surface area contributed by atoms with E-state index in [1.54, 1.807) is 29.3 Å². The number of nitrogens with zero attached hydrogens (tertiary/aromatic N) is 2. The molecule has 1 atom stereocenters. The van der Waals surface area contributed by atoms with Gasteiger partial charge < -0.3 is 25.2 Å². The number of carbonyl (C=O) groups is 2. The fraction of sp³-hybridized carbons (Fsp3) is 0.565. The van der Waals surface area contributed by atoms with Crippen LogP contribution >= 0.6 is 11.6 Å². The van der Waals surface area contributed by atoms with Crippen LogP contribution in [0.25, 0.3) is 10.9 Å². The molecule has 2 aliphatic rings. The average Bonchev–Trinajstić information content (AvgIpc) is 3.17. The van der Waals surface area contributed by atoms with Crippen LogP contribution in [0.2, 0.25) is 5.02 Å². The molecule has 4 rings (SSSR count). The first-order valence-electron chi connectivity index (χ1n) is 11.1. The van der Waals surface area contributed by atoms with Gasteiger partial charge in [0.2, 0.25) is 5.91 Å². The summed E-state index contributed by atoms with van der Waals surface area (Å²) >= 11 is 6.09. The highest BCUT2D eigenvalue weighted by Crippen LogP contribution is 2.32. The third-order valence-corrected chi connectivity index (χ3v) is 7.27. The molecule has 0 saturated carbocycles. The predicted molar refractivity (Wildman–Crippen MR) is 121 cm³/mol. The Kier molecular flexibility index (Phi) is 6.84. The van der Waals surface area contributed by atoms with Crippen LogP contribution < -0.4 is 5.32 Å². The summed E-state index contributed by atoms with van der Waals surface area (Å²) in [5.41, 5.74) is 1.17. The van der Waals surface area contributed by atoms with Crippen molar-refractivity contribution in [3.63, 3.8) is 0 Å². The Bertz CT molecular complexity index is 930. The molecule has 7 nitrogen and oxygen atoms in total. The lowest BCUT2D eigenvalue weighted by Crippen LogP contribution is -2.52. The summed E-state index contributed by atoms with van der Waals surface area (Å²) in [7, 11) is 2.17. The monoisotopic (exact) mass is 446 g/mol. The molecular weight excluding hydrogens is 416 g/mol. The molecule has 0 spiro atoms. The first kappa shape index (κ1) is 22.1. The van der Waals surface area contributed by atoms with Crippen LogP contribution in [0.4, 0.5) is 0 Å². The lowest BCUT2D eigenvalue weighted by atomic mass is 9.79. The number of likely N-dealkylation sites (tertiary alicyclic amines) is 2. The number of benzene rings is 1. The van der Waals surface area contributed by atoms with Gasteiger partial charge in [-0.05, 0) is 69.8 Å². The maximum atomic E-state index is 13.0. The molecular formula is C23H31ClN4O3. The van der Waals surface area contributed by atoms with Crippen molar-refractivity contribution in [3.05, 3.63) is 35.0 Å². The molecule has 2 amide bonds. The molecule has 2 aromatic rings. The molecule has 8 heteroatoms. The fourth-order valence-corrected chi connectivity index (χ4v) is 5.19. The SMILES string of the molecule is CN1CCC(C2CCN(C(=O)[C@@H](CO)NC(=O)c3ccc4c(Cl)c[nH]c4c3)CC2)CC1. The number of aliphatic hydroxyl groups is 1. The third-order valence-electron chi connectivity index (χ3n) is 6.96. The van der Waals surface area contributed by atoms with Gasteiger partial charge in [-0.25, -0.2) is 0 Å². The molecule has 168 valence electrons. The van der Waals surface area contributed by atoms with Crippen molar-refractivity contribution in [1.29, 1.82) is 0 Å². The molecule has 2 fully saturated rings. The standard InChI is InChI=1S/C23H31ClN4O3/c1-27-8-4-15(5-9-27)16-6-10-28(11-7-16)23(31)21(14-29)26-22(30)17-2-3-18-19(24)13-25-20(18)12-17/h2-3,12-13,15-16,21,25,29H,4-11,14H2,1H3,(H,26,30)/t21-/m1/s1. The minimum atomic E-state index is -0.935. The van der Waals surface area contributed by atoms with Crippen molar-refractivity contribution in [2.24, 2.45) is 11.8 Å². The summed E-state index contributed by atoms with van der Waals surface area (Å²) < 4.78 is 0. The summed E-state index contributed by atoms with van der Waals surface area (Å²) in [6.45, 7) is 3.27. The molecule has 0 bridgehead atoms. The molecule has 0 radical (unpaired) electrons. The van der Waals surface area contributed by atoms with Crippen molar-refractivity contribution in [3.8, 4) is 0 Å². The molecule has 3 heterocycles. The number of rotatable bonds is 5. The predicted octanol–water partition coefficient (Wildman–Crippen LogP) is 2.49. The van der Waals surface area contributed by atoms with Crippen molar-refractivity contribution < 1.29 is 14.7 Å². The van der Waals surface area contributed by atoms with Gasteiger partial charge in [-0.1, -0.05) is 17.7 Å². The number of nitrogens with one attached hydrogen (secondary N) is 2. The van der Waals surface area contributed by atoms with Gasteiger partial charge in [-0.3, -0.25) is 9.59 Å². The number of carbonyl (C=O) groups excluding carboxylic acids is 2. The quantitative estimate of drug-likeness (QED) is 0.658. The van der Waals surface area contributed by atoms with E-state index in [2.05, 4.69) is 22.2 Å². The molecule has 0 aliphatic carbocycles. The number of aliphatic hydroxyl groups excluding tert-OH is 1. The second kappa shape index (κ2) is 9.59. The van der Waals surface area contributed by atoms with Gasteiger partial charge in [0.05, 0.1) is 11.6 Å². The van der Waals surface area contributed by atoms with Gasteiger partial charge >= 0.3 is 0 Å². The summed E-state index contributed by atoms with van der Waals surface area (Å²) in [5, 5.41) is 13.9. The second-order valence-corrected chi connectivity index (χ2v) is 9.32. The number of aromatic nitrogens is 1. The largest absolute Gasteiger partial charge is 0.394 e. The summed E-state index contributed by atoms with van der Waals surface area (Å²) in [4.78, 5) is 32.8. The number of fused-ring (bicyclic) bond motifs is 1. The summed E-state index contributed by atoms with van der Waals surface area (Å²) in [6, 6.07) is 4.20. The van der Waals surface area contributed by atoms with Crippen molar-refractivity contribution in [2.45, 2.75) is 31.7 Å². The van der Waals surface area contributed by atoms with Crippen LogP contribution in [-0.2, 0) is 4.79 Å². The Balaban J connectivity index is 1.33. The van der Waals surface area contributed by atoms with E-state index >= 15 is 0 Å². The zero-order chi connectivity index (χ0) is 22.0. The number of halogens is 1. The van der Waals surface area contributed by atoms with Crippen LogP contribution in [0.1, 0.15) is 36.0 Å². The summed E-state index contributed by atoms with van der Waals surface area (Å²) in [5.74, 6) is 0.820. The number of hydrogen-bond donors (Lipinski definition) is 3. The Morgan fingerprint density at radius 3 is 2.45 bits per heavy atom. The molecule has 2 saturated heterocycles. The number of piperidine rings is 2. The molecule has 3 N–H and O–H groups in total. The molecule has 2 aliphatic heterocycles. The van der Waals surface area contributed by atoms with Gasteiger partial charge in [0, 0.05) is 35.8 Å². The molecule has 1 aromatic heterocycles. The van der Waals surface area contributed by atoms with Gasteiger partial charge in [0.25, 0.3) is 5.91 Å². The Morgan fingerprint density at radius 1 is 1.16 bits per heavy atom. The number of amides is 2. The molecule has 0 unspecified atom stereocenters. The Hall–Kier alpha value is -2.09. The topological polar surface area (TPSA) is 88.7 Å². The van der Waals surface area contributed by atoms with E-state index in [-0.39, 0.29) is 11.8 Å². The van der Waals surface area contributed by atoms with Crippen LogP contribution in [0, 0.1) is 11.8 Å². The highest BCUT2D eigenvalue weighted by molar-refractivity contribution is 6.35. The second-order valence-electron chi connectivity index (χ2n) is 8.91. The maximum Gasteiger partial charge on any atom is 0.252 e. The highest BCUT2D eigenvalue weighted by Gasteiger charge is 2.33. The van der Waals surface area contributed by atoms with Crippen molar-refractivity contribution in [2.75, 3.05) is 39.8 Å². The minimum Gasteiger partial charge on any atom is -0.394 e. The van der Waals surface area contributed by atoms with E-state index in [1.165, 1.54) is 12.8 Å². The summed E-state index contributed by atoms with van der Waals surface area (Å²) in [6.07, 6.45) is 6.14. The normalized spacial score (nSPS) is 20.2. The van der Waals surface area contributed by atoms with E-state index in [0.29, 0.717) is 29.6 Å². The van der Waals surface area contributed by atoms with E-state index in [0.717, 1.165) is 42.8 Å². The van der Waals surface area contributed by atoms with Gasteiger partial charge in [0.15, 0.2) is 0 Å². The van der Waals surface area contributed by atoms with Crippen LogP contribution in [-0.4, -0.2) is 77.6 Å². The van der Waals surface area contributed by atoms with Crippen LogP contribution in [0.15, 0.2) is 24.4 Å². The Labute approximate surface area is 187 Å². The zero-order valence-corrected chi connectivity index (χ0v) is 18.7. The van der Waals surface area contributed by atoms with Gasteiger partial charge in [0.1, 0.15) is 6.04 Å². The first-order chi connectivity index (χ1) is 15.0. The van der Waals surface area contributed by atoms with Crippen molar-refractivity contribution >= 4 is 34.3 Å². The lowest BCUT2D eigenvalue weighted by Gasteiger charge is -2.40. The first-order valence-corrected chi connectivity index (χ1v) is 11.5. The van der Waals surface area contributed by atoms with E-state index in [9.17, 15) is 14.7 Å². The van der Waals surface area contributed by atoms with E-state index in [4.69, 9.17) is 11.6 Å². The fourth-order valence-electron chi connectivity index (χ4n) is 4.97. The molecule has 31 heavy (non-hydrogen) atoms. The Morgan fingerprint density at radius 2 is 1.81 bits per heavy atom. The highest BCUT2D eigenvalue weighted by atomic mass is 35.5. The molecule has 1 aromatic carbocycles. The lowest BCUT2D eigenvalue weighted by molar-refractivity contribution is -0.136. The average molecular weight is 447 g/mol. The van der Waals surface area contributed by atoms with Crippen LogP contribution in [0.5, 0.6) is 0 Å². The maximum absolute atomic E-state index is 13.0. The van der Waals surface area contributed by atoms with E-state index < -0.39 is 12.6 Å². The van der Waals surface area contributed by atoms with Gasteiger partial charge in [-0.2, -0.15) is 0 Å². The number of H-pyrrole nitrogens is 1. The third kappa shape index (κ3) is 4.89. The minimum absolute atomic E-state index is 0.207. The number of aromatic amines is 1.